The molecule has 0 bridgehead atoms. The maximum absolute atomic E-state index is 11.0. The number of carboxylic acids is 1. The van der Waals surface area contributed by atoms with Gasteiger partial charge >= 0.3 is 5.97 Å². The lowest BCUT2D eigenvalue weighted by atomic mass is 10.2. The lowest BCUT2D eigenvalue weighted by molar-refractivity contribution is -0.137. The van der Waals surface area contributed by atoms with Crippen LogP contribution >= 0.6 is 0 Å². The Kier molecular flexibility index (Phi) is 5.88. The Morgan fingerprint density at radius 1 is 1.54 bits per heavy atom. The maximum Gasteiger partial charge on any atom is 0.303 e. The van der Waals surface area contributed by atoms with E-state index >= 15 is 0 Å². The average molecular weight is 188 g/mol. The van der Waals surface area contributed by atoms with Crippen molar-refractivity contribution in [2.24, 2.45) is 5.73 Å². The molecule has 5 heteroatoms. The Bertz CT molecular complexity index is 182. The minimum absolute atomic E-state index is 0.0711. The van der Waals surface area contributed by atoms with E-state index in [4.69, 9.17) is 10.8 Å². The van der Waals surface area contributed by atoms with Gasteiger partial charge in [0.1, 0.15) is 0 Å². The minimum atomic E-state index is -0.853. The van der Waals surface area contributed by atoms with Crippen LogP contribution in [-0.2, 0) is 9.59 Å². The number of nitrogens with one attached hydrogen (secondary N) is 1. The van der Waals surface area contributed by atoms with E-state index in [1.54, 1.807) is 0 Å². The molecule has 0 saturated heterocycles. The Morgan fingerprint density at radius 3 is 2.62 bits per heavy atom. The van der Waals surface area contributed by atoms with E-state index in [1.165, 1.54) is 0 Å². The molecular weight excluding hydrogens is 172 g/mol. The van der Waals surface area contributed by atoms with E-state index in [0.717, 1.165) is 0 Å². The van der Waals surface area contributed by atoms with Gasteiger partial charge in [-0.05, 0) is 12.8 Å². The van der Waals surface area contributed by atoms with Crippen molar-refractivity contribution in [1.82, 2.24) is 5.32 Å². The molecule has 0 aliphatic carbocycles. The quantitative estimate of drug-likeness (QED) is 0.499. The monoisotopic (exact) mass is 188 g/mol. The Hall–Kier alpha value is -1.10. The summed E-state index contributed by atoms with van der Waals surface area (Å²) in [4.78, 5) is 21.1. The molecule has 0 heterocycles. The van der Waals surface area contributed by atoms with Crippen molar-refractivity contribution in [3.63, 3.8) is 0 Å². The molecule has 0 fully saturated rings. The van der Waals surface area contributed by atoms with Gasteiger partial charge in [0.05, 0.1) is 6.04 Å². The second-order valence-electron chi connectivity index (χ2n) is 2.80. The van der Waals surface area contributed by atoms with E-state index in [2.05, 4.69) is 5.32 Å². The molecule has 1 atom stereocenters. The molecule has 0 saturated carbocycles. The summed E-state index contributed by atoms with van der Waals surface area (Å²) in [6.45, 7) is 2.19. The summed E-state index contributed by atoms with van der Waals surface area (Å²) in [6, 6.07) is -0.482. The molecule has 0 aliphatic rings. The zero-order valence-corrected chi connectivity index (χ0v) is 7.75. The van der Waals surface area contributed by atoms with Crippen molar-refractivity contribution in [1.29, 1.82) is 0 Å². The van der Waals surface area contributed by atoms with Crippen LogP contribution in [0.3, 0.4) is 0 Å². The normalized spacial score (nSPS) is 12.2. The van der Waals surface area contributed by atoms with Crippen LogP contribution in [0.5, 0.6) is 0 Å². The molecule has 13 heavy (non-hydrogen) atoms. The van der Waals surface area contributed by atoms with Gasteiger partial charge in [0.2, 0.25) is 5.91 Å². The molecule has 0 radical (unpaired) electrons. The lowest BCUT2D eigenvalue weighted by Gasteiger charge is -2.08. The van der Waals surface area contributed by atoms with Gasteiger partial charge in [0, 0.05) is 13.0 Å². The van der Waals surface area contributed by atoms with Gasteiger partial charge in [-0.25, -0.2) is 0 Å². The number of hydrogen-bond acceptors (Lipinski definition) is 3. The second kappa shape index (κ2) is 6.42. The smallest absolute Gasteiger partial charge is 0.303 e. The molecule has 0 aromatic heterocycles. The molecule has 4 N–H and O–H groups in total. The number of carbonyl (C=O) groups is 2. The Balaban J connectivity index is 3.42. The minimum Gasteiger partial charge on any atom is -0.481 e. The predicted octanol–water partition coefficient (Wildman–Crippen LogP) is -0.295. The fraction of sp³-hybridized carbons (Fsp3) is 0.750. The predicted molar refractivity (Wildman–Crippen MR) is 48.1 cm³/mol. The van der Waals surface area contributed by atoms with Gasteiger partial charge in [-0.15, -0.1) is 0 Å². The summed E-state index contributed by atoms with van der Waals surface area (Å²) in [5, 5.41) is 10.9. The zero-order valence-electron chi connectivity index (χ0n) is 7.75. The van der Waals surface area contributed by atoms with Crippen LogP contribution in [0.25, 0.3) is 0 Å². The maximum atomic E-state index is 11.0. The van der Waals surface area contributed by atoms with E-state index in [1.807, 2.05) is 6.92 Å². The third-order valence-electron chi connectivity index (χ3n) is 1.64. The average Bonchev–Trinajstić information content (AvgIpc) is 2.10. The molecule has 0 aliphatic heterocycles. The number of carboxylic acid groups (broad SMARTS) is 1. The largest absolute Gasteiger partial charge is 0.481 e. The van der Waals surface area contributed by atoms with E-state index in [0.29, 0.717) is 19.4 Å². The lowest BCUT2D eigenvalue weighted by Crippen LogP contribution is -2.40. The molecular formula is C8H16N2O3. The van der Waals surface area contributed by atoms with E-state index in [-0.39, 0.29) is 12.3 Å². The first-order valence-electron chi connectivity index (χ1n) is 4.33. The summed E-state index contributed by atoms with van der Waals surface area (Å²) >= 11 is 0. The number of aliphatic carboxylic acids is 1. The third kappa shape index (κ3) is 6.10. The molecule has 0 aromatic rings. The topological polar surface area (TPSA) is 92.4 Å². The van der Waals surface area contributed by atoms with Gasteiger partial charge in [-0.3, -0.25) is 9.59 Å². The molecule has 1 amide bonds. The van der Waals surface area contributed by atoms with Crippen molar-refractivity contribution in [3.05, 3.63) is 0 Å². The first-order valence-corrected chi connectivity index (χ1v) is 4.33. The summed E-state index contributed by atoms with van der Waals surface area (Å²) < 4.78 is 0. The Labute approximate surface area is 77.3 Å². The van der Waals surface area contributed by atoms with Gasteiger partial charge in [0.25, 0.3) is 0 Å². The van der Waals surface area contributed by atoms with Crippen LogP contribution in [0.1, 0.15) is 26.2 Å². The highest BCUT2D eigenvalue weighted by Gasteiger charge is 2.09. The SMILES string of the molecule is CC[C@H](N)C(=O)NCCCC(=O)O. The number of hydrogen-bond donors (Lipinski definition) is 3. The molecule has 0 rings (SSSR count). The van der Waals surface area contributed by atoms with Crippen LogP contribution in [0, 0.1) is 0 Å². The van der Waals surface area contributed by atoms with Crippen LogP contribution in [0.15, 0.2) is 0 Å². The van der Waals surface area contributed by atoms with E-state index < -0.39 is 12.0 Å². The molecule has 0 aromatic carbocycles. The zero-order chi connectivity index (χ0) is 10.3. The highest BCUT2D eigenvalue weighted by Crippen LogP contribution is 1.88. The number of amides is 1. The molecule has 0 spiro atoms. The number of carbonyl (C=O) groups excluding carboxylic acids is 1. The summed E-state index contributed by atoms with van der Waals surface area (Å²) in [6.07, 6.45) is 1.10. The third-order valence-corrected chi connectivity index (χ3v) is 1.64. The number of nitrogens with two attached hydrogens (primary N) is 1. The van der Waals surface area contributed by atoms with Crippen molar-refractivity contribution >= 4 is 11.9 Å². The van der Waals surface area contributed by atoms with Crippen LogP contribution in [0.4, 0.5) is 0 Å². The fourth-order valence-electron chi connectivity index (χ4n) is 0.768. The van der Waals surface area contributed by atoms with Crippen LogP contribution in [-0.4, -0.2) is 29.6 Å². The molecule has 5 nitrogen and oxygen atoms in total. The number of rotatable bonds is 6. The van der Waals surface area contributed by atoms with Gasteiger partial charge in [-0.2, -0.15) is 0 Å². The van der Waals surface area contributed by atoms with Crippen molar-refractivity contribution in [2.75, 3.05) is 6.54 Å². The van der Waals surface area contributed by atoms with E-state index in [9.17, 15) is 9.59 Å². The first kappa shape index (κ1) is 11.9. The highest BCUT2D eigenvalue weighted by atomic mass is 16.4. The molecule has 0 unspecified atom stereocenters. The second-order valence-corrected chi connectivity index (χ2v) is 2.80. The summed E-state index contributed by atoms with van der Waals surface area (Å²) in [5.74, 6) is -1.07. The molecule has 76 valence electrons. The van der Waals surface area contributed by atoms with Crippen molar-refractivity contribution in [2.45, 2.75) is 32.2 Å². The first-order chi connectivity index (χ1) is 6.07. The summed E-state index contributed by atoms with van der Waals surface area (Å²) in [7, 11) is 0. The van der Waals surface area contributed by atoms with Crippen LogP contribution in [0.2, 0.25) is 0 Å². The van der Waals surface area contributed by atoms with Gasteiger partial charge < -0.3 is 16.2 Å². The van der Waals surface area contributed by atoms with Gasteiger partial charge in [-0.1, -0.05) is 6.92 Å². The van der Waals surface area contributed by atoms with Crippen molar-refractivity contribution < 1.29 is 14.7 Å². The summed E-state index contributed by atoms with van der Waals surface area (Å²) in [5.41, 5.74) is 5.43. The highest BCUT2D eigenvalue weighted by molar-refractivity contribution is 5.81. The fourth-order valence-corrected chi connectivity index (χ4v) is 0.768. The van der Waals surface area contributed by atoms with Gasteiger partial charge in [0.15, 0.2) is 0 Å². The van der Waals surface area contributed by atoms with Crippen molar-refractivity contribution in [3.8, 4) is 0 Å². The van der Waals surface area contributed by atoms with Crippen LogP contribution < -0.4 is 11.1 Å². The Morgan fingerprint density at radius 2 is 2.15 bits per heavy atom. The standard InChI is InChI=1S/C8H16N2O3/c1-2-6(9)8(13)10-5-3-4-7(11)12/h6H,2-5,9H2,1H3,(H,10,13)(H,11,12)/t6-/m0/s1.